The molecule has 0 bridgehead atoms. The smallest absolute Gasteiger partial charge is 0.253 e. The summed E-state index contributed by atoms with van der Waals surface area (Å²) in [5.41, 5.74) is 4.76. The number of nitrogens with zero attached hydrogens (tertiary/aromatic N) is 2. The molecule has 1 N–H and O–H groups in total. The Kier molecular flexibility index (Phi) is 7.85. The van der Waals surface area contributed by atoms with Gasteiger partial charge < -0.3 is 15.1 Å². The second-order valence-electron chi connectivity index (χ2n) is 8.63. The maximum Gasteiger partial charge on any atom is 0.253 e. The number of hydrogen-bond donors (Lipinski definition) is 1. The average molecular weight is 422 g/mol. The molecule has 2 aromatic carbocycles. The first-order chi connectivity index (χ1) is 14.9. The lowest BCUT2D eigenvalue weighted by Gasteiger charge is -2.37. The number of benzene rings is 2. The van der Waals surface area contributed by atoms with E-state index < -0.39 is 0 Å². The zero-order valence-electron chi connectivity index (χ0n) is 19.3. The number of carbonyl (C=O) groups is 2. The predicted octanol–water partition coefficient (Wildman–Crippen LogP) is 4.43. The molecule has 3 rings (SSSR count). The molecule has 31 heavy (non-hydrogen) atoms. The average Bonchev–Trinajstić information content (AvgIpc) is 2.79. The number of nitrogens with one attached hydrogen (secondary N) is 1. The Balaban J connectivity index is 1.55. The fraction of sp³-hybridized carbons (Fsp3) is 0.462. The number of likely N-dealkylation sites (N-methyl/N-ethyl adjacent to an activating group) is 1. The third-order valence-corrected chi connectivity index (χ3v) is 6.34. The van der Waals surface area contributed by atoms with Crippen molar-refractivity contribution in [3.05, 3.63) is 64.7 Å². The number of likely N-dealkylation sites (tertiary alicyclic amines) is 1. The van der Waals surface area contributed by atoms with Crippen LogP contribution in [0.3, 0.4) is 0 Å². The number of carbonyl (C=O) groups excluding carboxylic acids is 2. The zero-order chi connectivity index (χ0) is 22.4. The van der Waals surface area contributed by atoms with Gasteiger partial charge in [-0.25, -0.2) is 0 Å². The normalized spacial score (nSPS) is 14.7. The van der Waals surface area contributed by atoms with Gasteiger partial charge in [-0.2, -0.15) is 0 Å². The summed E-state index contributed by atoms with van der Waals surface area (Å²) in [6, 6.07) is 14.9. The number of piperidine rings is 1. The summed E-state index contributed by atoms with van der Waals surface area (Å²) in [5.74, 6) is 0.0775. The first kappa shape index (κ1) is 23.0. The van der Waals surface area contributed by atoms with Crippen LogP contribution < -0.4 is 5.32 Å². The molecule has 0 spiro atoms. The van der Waals surface area contributed by atoms with Gasteiger partial charge in [0.15, 0.2) is 0 Å². The molecule has 0 aromatic heterocycles. The monoisotopic (exact) mass is 421 g/mol. The molecule has 2 aromatic rings. The standard InChI is InChI=1S/C26H35N3O2/c1-5-24(30)27-25-19(2)17-22(18-20(25)3)26(31)29-15-12-23(13-16-29)28(4)14-11-21-9-7-6-8-10-21/h6-10,17-18,23H,5,11-16H2,1-4H3,(H,27,30). The van der Waals surface area contributed by atoms with E-state index in [1.165, 1.54) is 5.56 Å². The van der Waals surface area contributed by atoms with E-state index in [1.54, 1.807) is 0 Å². The summed E-state index contributed by atoms with van der Waals surface area (Å²) in [6.45, 7) is 8.33. The van der Waals surface area contributed by atoms with Crippen molar-refractivity contribution in [1.82, 2.24) is 9.80 Å². The van der Waals surface area contributed by atoms with E-state index in [0.29, 0.717) is 18.0 Å². The van der Waals surface area contributed by atoms with Gasteiger partial charge in [0.05, 0.1) is 0 Å². The van der Waals surface area contributed by atoms with E-state index in [-0.39, 0.29) is 11.8 Å². The van der Waals surface area contributed by atoms with E-state index in [2.05, 4.69) is 47.6 Å². The SMILES string of the molecule is CCC(=O)Nc1c(C)cc(C(=O)N2CCC(N(C)CCc3ccccc3)CC2)cc1C. The number of amides is 2. The van der Waals surface area contributed by atoms with Crippen molar-refractivity contribution in [2.75, 3.05) is 32.0 Å². The topological polar surface area (TPSA) is 52.7 Å². The van der Waals surface area contributed by atoms with Crippen molar-refractivity contribution < 1.29 is 9.59 Å². The summed E-state index contributed by atoms with van der Waals surface area (Å²) >= 11 is 0. The Labute approximate surface area is 186 Å². The van der Waals surface area contributed by atoms with E-state index >= 15 is 0 Å². The van der Waals surface area contributed by atoms with Crippen molar-refractivity contribution in [3.8, 4) is 0 Å². The Morgan fingerprint density at radius 3 is 2.26 bits per heavy atom. The van der Waals surface area contributed by atoms with Crippen molar-refractivity contribution in [3.63, 3.8) is 0 Å². The molecule has 0 aliphatic carbocycles. The molecule has 1 saturated heterocycles. The van der Waals surface area contributed by atoms with Gasteiger partial charge in [0.2, 0.25) is 5.91 Å². The predicted molar refractivity (Wildman–Crippen MR) is 127 cm³/mol. The van der Waals surface area contributed by atoms with Crippen LogP contribution >= 0.6 is 0 Å². The third-order valence-electron chi connectivity index (χ3n) is 6.34. The highest BCUT2D eigenvalue weighted by Crippen LogP contribution is 2.25. The van der Waals surface area contributed by atoms with Crippen molar-refractivity contribution in [2.45, 2.75) is 52.5 Å². The van der Waals surface area contributed by atoms with Crippen LogP contribution in [0.1, 0.15) is 53.2 Å². The molecule has 5 heteroatoms. The van der Waals surface area contributed by atoms with Crippen molar-refractivity contribution in [2.24, 2.45) is 0 Å². The molecular formula is C26H35N3O2. The Morgan fingerprint density at radius 2 is 1.68 bits per heavy atom. The molecule has 2 amide bonds. The molecule has 0 radical (unpaired) electrons. The van der Waals surface area contributed by atoms with Gasteiger partial charge in [0, 0.05) is 43.3 Å². The molecule has 1 aliphatic heterocycles. The molecular weight excluding hydrogens is 386 g/mol. The minimum Gasteiger partial charge on any atom is -0.339 e. The van der Waals surface area contributed by atoms with E-state index in [1.807, 2.05) is 37.8 Å². The lowest BCUT2D eigenvalue weighted by Crippen LogP contribution is -2.46. The number of aryl methyl sites for hydroxylation is 2. The molecule has 1 heterocycles. The van der Waals surface area contributed by atoms with E-state index in [9.17, 15) is 9.59 Å². The van der Waals surface area contributed by atoms with Crippen LogP contribution in [0.25, 0.3) is 0 Å². The minimum absolute atomic E-state index is 0.0104. The van der Waals surface area contributed by atoms with E-state index in [0.717, 1.165) is 55.7 Å². The van der Waals surface area contributed by atoms with Crippen LogP contribution in [0.5, 0.6) is 0 Å². The summed E-state index contributed by atoms with van der Waals surface area (Å²) < 4.78 is 0. The molecule has 0 unspecified atom stereocenters. The first-order valence-corrected chi connectivity index (χ1v) is 11.3. The molecule has 1 fully saturated rings. The van der Waals surface area contributed by atoms with E-state index in [4.69, 9.17) is 0 Å². The lowest BCUT2D eigenvalue weighted by molar-refractivity contribution is -0.115. The fourth-order valence-corrected chi connectivity index (χ4v) is 4.34. The minimum atomic E-state index is -0.0104. The van der Waals surface area contributed by atoms with Crippen molar-refractivity contribution in [1.29, 1.82) is 0 Å². The summed E-state index contributed by atoms with van der Waals surface area (Å²) in [6.07, 6.45) is 3.49. The summed E-state index contributed by atoms with van der Waals surface area (Å²) in [7, 11) is 2.20. The second-order valence-corrected chi connectivity index (χ2v) is 8.63. The Morgan fingerprint density at radius 1 is 1.06 bits per heavy atom. The quantitative estimate of drug-likeness (QED) is 0.719. The summed E-state index contributed by atoms with van der Waals surface area (Å²) in [4.78, 5) is 29.3. The van der Waals surface area contributed by atoms with Gasteiger partial charge in [-0.15, -0.1) is 0 Å². The molecule has 0 saturated carbocycles. The van der Waals surface area contributed by atoms with Crippen LogP contribution in [0.4, 0.5) is 5.69 Å². The van der Waals surface area contributed by atoms with Crippen LogP contribution in [-0.4, -0.2) is 54.3 Å². The van der Waals surface area contributed by atoms with Crippen LogP contribution in [0, 0.1) is 13.8 Å². The first-order valence-electron chi connectivity index (χ1n) is 11.3. The molecule has 5 nitrogen and oxygen atoms in total. The number of hydrogen-bond acceptors (Lipinski definition) is 3. The summed E-state index contributed by atoms with van der Waals surface area (Å²) in [5, 5.41) is 2.95. The van der Waals surface area contributed by atoms with Gasteiger partial charge >= 0.3 is 0 Å². The largest absolute Gasteiger partial charge is 0.339 e. The van der Waals surface area contributed by atoms with Gasteiger partial charge in [-0.05, 0) is 69.0 Å². The highest BCUT2D eigenvalue weighted by atomic mass is 16.2. The van der Waals surface area contributed by atoms with Gasteiger partial charge in [-0.1, -0.05) is 37.3 Å². The maximum absolute atomic E-state index is 13.1. The second kappa shape index (κ2) is 10.6. The highest BCUT2D eigenvalue weighted by molar-refractivity contribution is 5.97. The Hall–Kier alpha value is -2.66. The van der Waals surface area contributed by atoms with Gasteiger partial charge in [-0.3, -0.25) is 9.59 Å². The highest BCUT2D eigenvalue weighted by Gasteiger charge is 2.26. The van der Waals surface area contributed by atoms with Gasteiger partial charge in [0.1, 0.15) is 0 Å². The van der Waals surface area contributed by atoms with Crippen LogP contribution in [0.15, 0.2) is 42.5 Å². The lowest BCUT2D eigenvalue weighted by atomic mass is 10.00. The third kappa shape index (κ3) is 5.95. The fourth-order valence-electron chi connectivity index (χ4n) is 4.34. The van der Waals surface area contributed by atoms with Crippen molar-refractivity contribution >= 4 is 17.5 Å². The van der Waals surface area contributed by atoms with Crippen LogP contribution in [0.2, 0.25) is 0 Å². The zero-order valence-corrected chi connectivity index (χ0v) is 19.3. The Bertz CT molecular complexity index is 879. The van der Waals surface area contributed by atoms with Crippen LogP contribution in [-0.2, 0) is 11.2 Å². The number of anilines is 1. The maximum atomic E-state index is 13.1. The van der Waals surface area contributed by atoms with Gasteiger partial charge in [0.25, 0.3) is 5.91 Å². The number of rotatable bonds is 7. The molecule has 0 atom stereocenters. The molecule has 166 valence electrons. The molecule has 1 aliphatic rings.